The predicted octanol–water partition coefficient (Wildman–Crippen LogP) is 4.30. The second-order valence-corrected chi connectivity index (χ2v) is 7.35. The van der Waals surface area contributed by atoms with E-state index in [0.29, 0.717) is 28.2 Å². The number of ether oxygens (including phenoxy) is 1. The van der Waals surface area contributed by atoms with Crippen LogP contribution >= 0.6 is 11.6 Å². The Labute approximate surface area is 161 Å². The number of amides is 1. The molecule has 1 aromatic heterocycles. The van der Waals surface area contributed by atoms with Crippen LogP contribution in [0.4, 0.5) is 5.69 Å². The smallest absolute Gasteiger partial charge is 0.261 e. The van der Waals surface area contributed by atoms with Crippen molar-refractivity contribution in [2.24, 2.45) is 0 Å². The summed E-state index contributed by atoms with van der Waals surface area (Å²) in [6, 6.07) is 9.16. The second-order valence-electron chi connectivity index (χ2n) is 6.94. The summed E-state index contributed by atoms with van der Waals surface area (Å²) in [5.74, 6) is 0.163. The number of benzene rings is 2. The van der Waals surface area contributed by atoms with E-state index in [1.807, 2.05) is 43.5 Å². The Bertz CT molecular complexity index is 1130. The van der Waals surface area contributed by atoms with Crippen LogP contribution in [0.2, 0.25) is 5.02 Å². The van der Waals surface area contributed by atoms with Crippen LogP contribution in [0, 0.1) is 13.8 Å². The molecule has 0 aliphatic carbocycles. The molecule has 1 aliphatic rings. The van der Waals surface area contributed by atoms with Crippen LogP contribution in [0.25, 0.3) is 10.9 Å². The molecular formula is C21H19ClN2O3. The quantitative estimate of drug-likeness (QED) is 0.718. The number of nitrogens with one attached hydrogen (secondary N) is 1. The van der Waals surface area contributed by atoms with Gasteiger partial charge in [0.1, 0.15) is 17.4 Å². The Morgan fingerprint density at radius 3 is 2.63 bits per heavy atom. The van der Waals surface area contributed by atoms with E-state index < -0.39 is 11.3 Å². The van der Waals surface area contributed by atoms with Crippen LogP contribution in [-0.2, 0) is 6.54 Å². The van der Waals surface area contributed by atoms with Gasteiger partial charge < -0.3 is 14.6 Å². The fourth-order valence-corrected chi connectivity index (χ4v) is 3.82. The zero-order valence-electron chi connectivity index (χ0n) is 15.3. The predicted molar refractivity (Wildman–Crippen MR) is 107 cm³/mol. The molecule has 0 bridgehead atoms. The first-order chi connectivity index (χ1) is 12.9. The van der Waals surface area contributed by atoms with Crippen LogP contribution in [-0.4, -0.2) is 16.6 Å². The number of aromatic nitrogens is 1. The lowest BCUT2D eigenvalue weighted by Gasteiger charge is -2.26. The number of hydrogen-bond donors (Lipinski definition) is 1. The van der Waals surface area contributed by atoms with Crippen LogP contribution in [0.3, 0.4) is 0 Å². The first-order valence-electron chi connectivity index (χ1n) is 8.76. The van der Waals surface area contributed by atoms with Crippen molar-refractivity contribution in [3.8, 4) is 5.75 Å². The molecule has 0 radical (unpaired) electrons. The van der Waals surface area contributed by atoms with Crippen molar-refractivity contribution in [2.75, 3.05) is 5.32 Å². The molecule has 138 valence electrons. The summed E-state index contributed by atoms with van der Waals surface area (Å²) in [6.45, 7) is 6.31. The monoisotopic (exact) mass is 382 g/mol. The SMILES string of the molecule is Cc1cccc(C)c1NC(=O)c1cn2c3c(ccc(Cl)c3c1=O)O[C@@H](C)C2. The summed E-state index contributed by atoms with van der Waals surface area (Å²) < 4.78 is 7.70. The number of nitrogens with zero attached hydrogens (tertiary/aromatic N) is 1. The van der Waals surface area contributed by atoms with E-state index >= 15 is 0 Å². The van der Waals surface area contributed by atoms with E-state index in [4.69, 9.17) is 16.3 Å². The largest absolute Gasteiger partial charge is 0.487 e. The maximum Gasteiger partial charge on any atom is 0.261 e. The molecule has 0 fully saturated rings. The van der Waals surface area contributed by atoms with Crippen LogP contribution in [0.15, 0.2) is 41.3 Å². The molecular weight excluding hydrogens is 364 g/mol. The highest BCUT2D eigenvalue weighted by molar-refractivity contribution is 6.35. The summed E-state index contributed by atoms with van der Waals surface area (Å²) in [5, 5.41) is 3.52. The minimum Gasteiger partial charge on any atom is -0.487 e. The van der Waals surface area contributed by atoms with Crippen molar-refractivity contribution in [3.63, 3.8) is 0 Å². The number of pyridine rings is 1. The van der Waals surface area contributed by atoms with Crippen molar-refractivity contribution >= 4 is 34.1 Å². The van der Waals surface area contributed by atoms with Crippen molar-refractivity contribution < 1.29 is 9.53 Å². The number of aryl methyl sites for hydroxylation is 2. The molecule has 0 saturated heterocycles. The Morgan fingerprint density at radius 1 is 1.22 bits per heavy atom. The van der Waals surface area contributed by atoms with E-state index in [-0.39, 0.29) is 11.7 Å². The van der Waals surface area contributed by atoms with E-state index in [1.54, 1.807) is 18.3 Å². The average molecular weight is 383 g/mol. The van der Waals surface area contributed by atoms with Crippen LogP contribution < -0.4 is 15.5 Å². The third-order valence-electron chi connectivity index (χ3n) is 4.88. The van der Waals surface area contributed by atoms with E-state index in [2.05, 4.69) is 5.32 Å². The number of carbonyl (C=O) groups excluding carboxylic acids is 1. The van der Waals surface area contributed by atoms with Gasteiger partial charge in [0.25, 0.3) is 5.91 Å². The summed E-state index contributed by atoms with van der Waals surface area (Å²) >= 11 is 6.31. The maximum atomic E-state index is 13.1. The molecule has 0 spiro atoms. The number of halogens is 1. The summed E-state index contributed by atoms with van der Waals surface area (Å²) in [4.78, 5) is 26.0. The topological polar surface area (TPSA) is 60.3 Å². The van der Waals surface area contributed by atoms with Crippen LogP contribution in [0.5, 0.6) is 5.75 Å². The molecule has 1 atom stereocenters. The molecule has 1 N–H and O–H groups in total. The summed E-state index contributed by atoms with van der Waals surface area (Å²) in [7, 11) is 0. The fraction of sp³-hybridized carbons (Fsp3) is 0.238. The molecule has 0 saturated carbocycles. The van der Waals surface area contributed by atoms with E-state index in [9.17, 15) is 9.59 Å². The van der Waals surface area contributed by atoms with Gasteiger partial charge in [-0.25, -0.2) is 0 Å². The molecule has 3 aromatic rings. The lowest BCUT2D eigenvalue weighted by molar-refractivity contribution is 0.102. The Morgan fingerprint density at radius 2 is 1.93 bits per heavy atom. The normalized spacial score (nSPS) is 15.5. The van der Waals surface area contributed by atoms with Gasteiger partial charge in [-0.15, -0.1) is 0 Å². The number of para-hydroxylation sites is 1. The standard InChI is InChI=1S/C21H19ClN2O3/c1-11-5-4-6-12(2)18(11)23-21(26)14-10-24-9-13(3)27-16-8-7-15(22)17(19(16)24)20(14)25/h4-8,10,13H,9H2,1-3H3,(H,23,26)/t13-/m0/s1. The first kappa shape index (κ1) is 17.6. The molecule has 5 nitrogen and oxygen atoms in total. The first-order valence-corrected chi connectivity index (χ1v) is 9.14. The minimum absolute atomic E-state index is 0.0679. The molecule has 1 aliphatic heterocycles. The van der Waals surface area contributed by atoms with Crippen molar-refractivity contribution in [2.45, 2.75) is 33.4 Å². The number of carbonyl (C=O) groups is 1. The number of rotatable bonds is 2. The third-order valence-corrected chi connectivity index (χ3v) is 5.20. The Hall–Kier alpha value is -2.79. The summed E-state index contributed by atoms with van der Waals surface area (Å²) in [5.41, 5.74) is 2.90. The van der Waals surface area contributed by atoms with Gasteiger partial charge in [-0.3, -0.25) is 9.59 Å². The number of hydrogen-bond acceptors (Lipinski definition) is 3. The molecule has 2 aromatic carbocycles. The van der Waals surface area contributed by atoms with Gasteiger partial charge in [0.2, 0.25) is 5.43 Å². The van der Waals surface area contributed by atoms with Crippen molar-refractivity contribution in [3.05, 3.63) is 68.5 Å². The highest BCUT2D eigenvalue weighted by atomic mass is 35.5. The zero-order valence-corrected chi connectivity index (χ0v) is 16.1. The summed E-state index contributed by atoms with van der Waals surface area (Å²) in [6.07, 6.45) is 1.53. The van der Waals surface area contributed by atoms with Crippen molar-refractivity contribution in [1.29, 1.82) is 0 Å². The molecule has 1 amide bonds. The third kappa shape index (κ3) is 2.88. The van der Waals surface area contributed by atoms with Gasteiger partial charge in [-0.1, -0.05) is 29.8 Å². The van der Waals surface area contributed by atoms with Crippen molar-refractivity contribution in [1.82, 2.24) is 4.57 Å². The Balaban J connectivity index is 1.88. The van der Waals surface area contributed by atoms with Gasteiger partial charge in [0.05, 0.1) is 22.5 Å². The molecule has 27 heavy (non-hydrogen) atoms. The second kappa shape index (κ2) is 6.43. The van der Waals surface area contributed by atoms with Gasteiger partial charge in [0.15, 0.2) is 0 Å². The molecule has 0 unspecified atom stereocenters. The maximum absolute atomic E-state index is 13.1. The van der Waals surface area contributed by atoms with Gasteiger partial charge >= 0.3 is 0 Å². The number of anilines is 1. The molecule has 4 rings (SSSR count). The highest BCUT2D eigenvalue weighted by Crippen LogP contribution is 2.33. The lowest BCUT2D eigenvalue weighted by atomic mass is 10.1. The van der Waals surface area contributed by atoms with Gasteiger partial charge in [-0.05, 0) is 44.0 Å². The highest BCUT2D eigenvalue weighted by Gasteiger charge is 2.25. The Kier molecular flexibility index (Phi) is 4.19. The van der Waals surface area contributed by atoms with E-state index in [1.165, 1.54) is 0 Å². The molecule has 2 heterocycles. The molecule has 6 heteroatoms. The van der Waals surface area contributed by atoms with Gasteiger partial charge in [0, 0.05) is 11.9 Å². The zero-order chi connectivity index (χ0) is 19.3. The lowest BCUT2D eigenvalue weighted by Crippen LogP contribution is -2.30. The average Bonchev–Trinajstić information content (AvgIpc) is 2.62. The van der Waals surface area contributed by atoms with E-state index in [0.717, 1.165) is 16.8 Å². The van der Waals surface area contributed by atoms with Gasteiger partial charge in [-0.2, -0.15) is 0 Å². The fourth-order valence-electron chi connectivity index (χ4n) is 3.59. The minimum atomic E-state index is -0.441. The van der Waals surface area contributed by atoms with Crippen LogP contribution in [0.1, 0.15) is 28.4 Å².